The summed E-state index contributed by atoms with van der Waals surface area (Å²) >= 11 is 0. The first-order valence-corrected chi connectivity index (χ1v) is 5.89. The molecule has 6 heteroatoms. The van der Waals surface area contributed by atoms with Crippen LogP contribution in [0.3, 0.4) is 0 Å². The highest BCUT2D eigenvalue weighted by Crippen LogP contribution is 2.32. The van der Waals surface area contributed by atoms with Gasteiger partial charge in [0.05, 0.1) is 12.2 Å². The Balaban J connectivity index is 2.09. The summed E-state index contributed by atoms with van der Waals surface area (Å²) in [7, 11) is 0. The fraction of sp³-hybridized carbons (Fsp3) is 0.462. The molecule has 1 aliphatic rings. The lowest BCUT2D eigenvalue weighted by Gasteiger charge is -2.25. The molecule has 0 aliphatic carbocycles. The summed E-state index contributed by atoms with van der Waals surface area (Å²) in [5, 5.41) is 28.8. The van der Waals surface area contributed by atoms with Gasteiger partial charge in [-0.05, 0) is 19.1 Å². The monoisotopic (exact) mass is 268 g/mol. The molecule has 3 N–H and O–H groups in total. The largest absolute Gasteiger partial charge is 0.429 e. The fourth-order valence-electron chi connectivity index (χ4n) is 1.92. The van der Waals surface area contributed by atoms with Crippen LogP contribution in [0.2, 0.25) is 0 Å². The summed E-state index contributed by atoms with van der Waals surface area (Å²) < 4.78 is 10.2. The zero-order chi connectivity index (χ0) is 14.0. The highest BCUT2D eigenvalue weighted by Gasteiger charge is 2.54. The standard InChI is InChI=1S/C13H16O6/c1-13(17)10(15)9(7-14)18-12(13)19-11(16)8-5-3-2-4-6-8/h2-6,9-10,12,14-15,17H,7H2,1H3/t9-,10-,12?,13-/m1/s1. The van der Waals surface area contributed by atoms with Gasteiger partial charge in [0.25, 0.3) is 0 Å². The van der Waals surface area contributed by atoms with Gasteiger partial charge in [-0.3, -0.25) is 0 Å². The van der Waals surface area contributed by atoms with E-state index in [4.69, 9.17) is 14.6 Å². The van der Waals surface area contributed by atoms with E-state index in [9.17, 15) is 15.0 Å². The van der Waals surface area contributed by atoms with Crippen LogP contribution in [-0.4, -0.2) is 52.0 Å². The number of carbonyl (C=O) groups excluding carboxylic acids is 1. The molecule has 104 valence electrons. The van der Waals surface area contributed by atoms with Crippen molar-refractivity contribution in [2.24, 2.45) is 0 Å². The first kappa shape index (κ1) is 14.0. The van der Waals surface area contributed by atoms with E-state index in [1.165, 1.54) is 6.92 Å². The molecule has 0 bridgehead atoms. The second-order valence-corrected chi connectivity index (χ2v) is 4.63. The predicted molar refractivity (Wildman–Crippen MR) is 64.2 cm³/mol. The number of aliphatic hydroxyl groups excluding tert-OH is 2. The van der Waals surface area contributed by atoms with E-state index >= 15 is 0 Å². The highest BCUT2D eigenvalue weighted by atomic mass is 16.7. The Morgan fingerprint density at radius 1 is 1.42 bits per heavy atom. The van der Waals surface area contributed by atoms with Crippen molar-refractivity contribution in [2.75, 3.05) is 6.61 Å². The van der Waals surface area contributed by atoms with E-state index in [1.807, 2.05) is 0 Å². The minimum Gasteiger partial charge on any atom is -0.429 e. The summed E-state index contributed by atoms with van der Waals surface area (Å²) in [5.74, 6) is -0.670. The quantitative estimate of drug-likeness (QED) is 0.650. The maximum atomic E-state index is 11.8. The molecule has 1 unspecified atom stereocenters. The van der Waals surface area contributed by atoms with Crippen LogP contribution < -0.4 is 0 Å². The summed E-state index contributed by atoms with van der Waals surface area (Å²) in [4.78, 5) is 11.8. The van der Waals surface area contributed by atoms with Crippen LogP contribution in [0.25, 0.3) is 0 Å². The molecule has 1 fully saturated rings. The molecule has 0 radical (unpaired) electrons. The number of carbonyl (C=O) groups is 1. The van der Waals surface area contributed by atoms with Gasteiger partial charge in [0, 0.05) is 0 Å². The van der Waals surface area contributed by atoms with Gasteiger partial charge in [-0.15, -0.1) is 0 Å². The van der Waals surface area contributed by atoms with Gasteiger partial charge < -0.3 is 24.8 Å². The zero-order valence-electron chi connectivity index (χ0n) is 10.4. The maximum absolute atomic E-state index is 11.8. The van der Waals surface area contributed by atoms with Crippen molar-refractivity contribution >= 4 is 5.97 Å². The van der Waals surface area contributed by atoms with Gasteiger partial charge in [0.1, 0.15) is 12.2 Å². The Bertz CT molecular complexity index is 444. The SMILES string of the molecule is C[C@]1(O)C(OC(=O)c2ccccc2)O[C@H](CO)[C@H]1O. The summed E-state index contributed by atoms with van der Waals surface area (Å²) in [6, 6.07) is 8.23. The average Bonchev–Trinajstić information content (AvgIpc) is 2.63. The maximum Gasteiger partial charge on any atom is 0.340 e. The Labute approximate surface area is 110 Å². The lowest BCUT2D eigenvalue weighted by atomic mass is 9.98. The van der Waals surface area contributed by atoms with Crippen molar-refractivity contribution < 1.29 is 29.6 Å². The average molecular weight is 268 g/mol. The first-order valence-electron chi connectivity index (χ1n) is 5.89. The van der Waals surface area contributed by atoms with Crippen molar-refractivity contribution in [1.29, 1.82) is 0 Å². The molecule has 0 saturated carbocycles. The van der Waals surface area contributed by atoms with Crippen LogP contribution in [0, 0.1) is 0 Å². The summed E-state index contributed by atoms with van der Waals surface area (Å²) in [6.45, 7) is 0.812. The number of ether oxygens (including phenoxy) is 2. The molecule has 19 heavy (non-hydrogen) atoms. The van der Waals surface area contributed by atoms with Crippen molar-refractivity contribution in [1.82, 2.24) is 0 Å². The molecule has 0 spiro atoms. The van der Waals surface area contributed by atoms with E-state index in [-0.39, 0.29) is 0 Å². The molecule has 1 aliphatic heterocycles. The van der Waals surface area contributed by atoms with Crippen molar-refractivity contribution in [3.63, 3.8) is 0 Å². The molecule has 1 heterocycles. The minimum atomic E-state index is -1.77. The van der Waals surface area contributed by atoms with Crippen LogP contribution in [-0.2, 0) is 9.47 Å². The second-order valence-electron chi connectivity index (χ2n) is 4.63. The normalized spacial score (nSPS) is 34.2. The molecule has 1 aromatic carbocycles. The van der Waals surface area contributed by atoms with Gasteiger partial charge in [0.15, 0.2) is 5.60 Å². The molecule has 0 amide bonds. The van der Waals surface area contributed by atoms with E-state index in [1.54, 1.807) is 30.3 Å². The number of esters is 1. The minimum absolute atomic E-state index is 0.309. The third-order valence-corrected chi connectivity index (χ3v) is 3.13. The lowest BCUT2D eigenvalue weighted by molar-refractivity contribution is -0.172. The topological polar surface area (TPSA) is 96.2 Å². The second kappa shape index (κ2) is 5.26. The number of aliphatic hydroxyl groups is 3. The lowest BCUT2D eigenvalue weighted by Crippen LogP contribution is -2.47. The van der Waals surface area contributed by atoms with Crippen LogP contribution in [0.1, 0.15) is 17.3 Å². The number of rotatable bonds is 3. The number of hydrogen-bond donors (Lipinski definition) is 3. The van der Waals surface area contributed by atoms with Gasteiger partial charge >= 0.3 is 5.97 Å². The Morgan fingerprint density at radius 2 is 2.05 bits per heavy atom. The van der Waals surface area contributed by atoms with Crippen LogP contribution in [0.4, 0.5) is 0 Å². The van der Waals surface area contributed by atoms with Gasteiger partial charge in [0.2, 0.25) is 6.29 Å². The van der Waals surface area contributed by atoms with Crippen LogP contribution >= 0.6 is 0 Å². The Kier molecular flexibility index (Phi) is 3.86. The van der Waals surface area contributed by atoms with Crippen LogP contribution in [0.15, 0.2) is 30.3 Å². The first-order chi connectivity index (χ1) is 8.96. The molecular formula is C13H16O6. The van der Waals surface area contributed by atoms with Crippen molar-refractivity contribution in [3.8, 4) is 0 Å². The Hall–Kier alpha value is -1.47. The zero-order valence-corrected chi connectivity index (χ0v) is 10.4. The summed E-state index contributed by atoms with van der Waals surface area (Å²) in [5.41, 5.74) is -1.46. The smallest absolute Gasteiger partial charge is 0.340 e. The van der Waals surface area contributed by atoms with Gasteiger partial charge in [-0.2, -0.15) is 0 Å². The van der Waals surface area contributed by atoms with Crippen molar-refractivity contribution in [3.05, 3.63) is 35.9 Å². The molecule has 1 aromatic rings. The predicted octanol–water partition coefficient (Wildman–Crippen LogP) is -0.328. The molecule has 2 rings (SSSR count). The van der Waals surface area contributed by atoms with E-state index in [0.29, 0.717) is 5.56 Å². The Morgan fingerprint density at radius 3 is 2.58 bits per heavy atom. The van der Waals surface area contributed by atoms with E-state index < -0.39 is 36.7 Å². The van der Waals surface area contributed by atoms with Crippen LogP contribution in [0.5, 0.6) is 0 Å². The molecular weight excluding hydrogens is 252 g/mol. The van der Waals surface area contributed by atoms with E-state index in [0.717, 1.165) is 0 Å². The molecule has 4 atom stereocenters. The van der Waals surface area contributed by atoms with Gasteiger partial charge in [-0.1, -0.05) is 18.2 Å². The number of benzene rings is 1. The summed E-state index contributed by atoms with van der Waals surface area (Å²) in [6.07, 6.45) is -3.64. The third-order valence-electron chi connectivity index (χ3n) is 3.13. The molecule has 0 aromatic heterocycles. The number of hydrogen-bond acceptors (Lipinski definition) is 6. The third kappa shape index (κ3) is 2.62. The highest BCUT2D eigenvalue weighted by molar-refractivity contribution is 5.89. The molecule has 1 saturated heterocycles. The van der Waals surface area contributed by atoms with Crippen molar-refractivity contribution in [2.45, 2.75) is 31.0 Å². The van der Waals surface area contributed by atoms with E-state index in [2.05, 4.69) is 0 Å². The fourth-order valence-corrected chi connectivity index (χ4v) is 1.92. The van der Waals surface area contributed by atoms with Gasteiger partial charge in [-0.25, -0.2) is 4.79 Å². The molecule has 6 nitrogen and oxygen atoms in total.